The molecule has 19 heavy (non-hydrogen) atoms. The summed E-state index contributed by atoms with van der Waals surface area (Å²) < 4.78 is 0. The van der Waals surface area contributed by atoms with Gasteiger partial charge in [0.2, 0.25) is 0 Å². The molecule has 2 rings (SSSR count). The molecule has 0 unspecified atom stereocenters. The first kappa shape index (κ1) is 14.7. The fourth-order valence-electron chi connectivity index (χ4n) is 1.94. The molecule has 2 aromatic heterocycles. The van der Waals surface area contributed by atoms with Crippen LogP contribution in [0.4, 0.5) is 0 Å². The Labute approximate surface area is 123 Å². The smallest absolute Gasteiger partial charge is 0.133 e. The molecule has 0 amide bonds. The molecular formula is C15H22N2S2. The predicted octanol–water partition coefficient (Wildman–Crippen LogP) is 4.67. The van der Waals surface area contributed by atoms with E-state index in [9.17, 15) is 0 Å². The third-order valence-corrected chi connectivity index (χ3v) is 4.95. The third-order valence-electron chi connectivity index (χ3n) is 2.85. The highest BCUT2D eigenvalue weighted by Crippen LogP contribution is 2.36. The molecule has 0 atom stereocenters. The van der Waals surface area contributed by atoms with Gasteiger partial charge in [0, 0.05) is 16.8 Å². The lowest BCUT2D eigenvalue weighted by Crippen LogP contribution is -2.19. The van der Waals surface area contributed by atoms with Crippen LogP contribution in [0.5, 0.6) is 0 Å². The van der Waals surface area contributed by atoms with Crippen molar-refractivity contribution in [3.63, 3.8) is 0 Å². The van der Waals surface area contributed by atoms with Gasteiger partial charge in [-0.2, -0.15) is 0 Å². The van der Waals surface area contributed by atoms with Gasteiger partial charge in [-0.1, -0.05) is 33.8 Å². The van der Waals surface area contributed by atoms with Crippen molar-refractivity contribution < 1.29 is 0 Å². The van der Waals surface area contributed by atoms with Crippen molar-refractivity contribution in [2.45, 2.75) is 46.1 Å². The highest BCUT2D eigenvalue weighted by molar-refractivity contribution is 7.21. The maximum absolute atomic E-state index is 4.89. The van der Waals surface area contributed by atoms with Crippen LogP contribution in [-0.2, 0) is 12.0 Å². The Morgan fingerprint density at radius 1 is 1.32 bits per heavy atom. The fourth-order valence-corrected chi connectivity index (χ4v) is 3.98. The lowest BCUT2D eigenvalue weighted by molar-refractivity contribution is 0.559. The summed E-state index contributed by atoms with van der Waals surface area (Å²) >= 11 is 3.60. The van der Waals surface area contributed by atoms with Crippen molar-refractivity contribution in [3.05, 3.63) is 28.1 Å². The van der Waals surface area contributed by atoms with E-state index in [0.717, 1.165) is 18.1 Å². The van der Waals surface area contributed by atoms with Gasteiger partial charge < -0.3 is 5.32 Å². The molecular weight excluding hydrogens is 272 g/mol. The second-order valence-corrected chi connectivity index (χ2v) is 7.73. The number of thiophene rings is 1. The Kier molecular flexibility index (Phi) is 4.76. The summed E-state index contributed by atoms with van der Waals surface area (Å²) in [6.07, 6.45) is 1.17. The molecule has 0 aliphatic rings. The summed E-state index contributed by atoms with van der Waals surface area (Å²) in [6.45, 7) is 10.9. The van der Waals surface area contributed by atoms with E-state index in [4.69, 9.17) is 4.98 Å². The molecule has 0 spiro atoms. The van der Waals surface area contributed by atoms with Gasteiger partial charge in [-0.25, -0.2) is 4.98 Å². The molecule has 0 saturated carbocycles. The van der Waals surface area contributed by atoms with Crippen LogP contribution >= 0.6 is 22.7 Å². The molecule has 2 aromatic rings. The Bertz CT molecular complexity index is 507. The third kappa shape index (κ3) is 3.65. The molecule has 0 aromatic carbocycles. The van der Waals surface area contributed by atoms with E-state index in [1.807, 2.05) is 11.3 Å². The van der Waals surface area contributed by atoms with Gasteiger partial charge in [-0.15, -0.1) is 22.7 Å². The minimum atomic E-state index is 0.106. The SMILES string of the molecule is CCCNCc1sc(-c2cccs2)nc1C(C)(C)C. The molecule has 1 N–H and O–H groups in total. The lowest BCUT2D eigenvalue weighted by Gasteiger charge is -2.17. The zero-order chi connectivity index (χ0) is 13.9. The van der Waals surface area contributed by atoms with Crippen LogP contribution in [0.2, 0.25) is 0 Å². The first-order chi connectivity index (χ1) is 9.02. The van der Waals surface area contributed by atoms with Crippen molar-refractivity contribution in [3.8, 4) is 9.88 Å². The molecule has 2 nitrogen and oxygen atoms in total. The topological polar surface area (TPSA) is 24.9 Å². The molecule has 2 heterocycles. The molecule has 0 bridgehead atoms. The highest BCUT2D eigenvalue weighted by Gasteiger charge is 2.23. The Hall–Kier alpha value is -0.710. The standard InChI is InChI=1S/C15H22N2S2/c1-5-8-16-10-12-13(15(2,3)4)17-14(19-12)11-7-6-9-18-11/h6-7,9,16H,5,8,10H2,1-4H3. The Morgan fingerprint density at radius 3 is 2.68 bits per heavy atom. The minimum absolute atomic E-state index is 0.106. The Balaban J connectivity index is 2.29. The van der Waals surface area contributed by atoms with Gasteiger partial charge in [-0.05, 0) is 24.4 Å². The van der Waals surface area contributed by atoms with E-state index in [1.54, 1.807) is 11.3 Å². The monoisotopic (exact) mass is 294 g/mol. The van der Waals surface area contributed by atoms with Crippen molar-refractivity contribution in [2.24, 2.45) is 0 Å². The minimum Gasteiger partial charge on any atom is -0.312 e. The van der Waals surface area contributed by atoms with Gasteiger partial charge in [-0.3, -0.25) is 0 Å². The second-order valence-electron chi connectivity index (χ2n) is 5.69. The van der Waals surface area contributed by atoms with Crippen LogP contribution in [0.25, 0.3) is 9.88 Å². The largest absolute Gasteiger partial charge is 0.312 e. The van der Waals surface area contributed by atoms with Gasteiger partial charge in [0.05, 0.1) is 10.6 Å². The van der Waals surface area contributed by atoms with E-state index in [1.165, 1.54) is 21.9 Å². The van der Waals surface area contributed by atoms with E-state index in [-0.39, 0.29) is 5.41 Å². The second kappa shape index (κ2) is 6.16. The van der Waals surface area contributed by atoms with Crippen molar-refractivity contribution in [1.29, 1.82) is 0 Å². The van der Waals surface area contributed by atoms with E-state index in [0.29, 0.717) is 0 Å². The molecule has 0 aliphatic carbocycles. The van der Waals surface area contributed by atoms with E-state index < -0.39 is 0 Å². The summed E-state index contributed by atoms with van der Waals surface area (Å²) in [5.41, 5.74) is 1.35. The zero-order valence-electron chi connectivity index (χ0n) is 12.1. The van der Waals surface area contributed by atoms with Gasteiger partial charge in [0.1, 0.15) is 5.01 Å². The average Bonchev–Trinajstić information content (AvgIpc) is 2.96. The summed E-state index contributed by atoms with van der Waals surface area (Å²) in [4.78, 5) is 7.55. The predicted molar refractivity (Wildman–Crippen MR) is 86.1 cm³/mol. The Morgan fingerprint density at radius 2 is 2.11 bits per heavy atom. The van der Waals surface area contributed by atoms with Crippen LogP contribution in [0.1, 0.15) is 44.7 Å². The van der Waals surface area contributed by atoms with E-state index >= 15 is 0 Å². The lowest BCUT2D eigenvalue weighted by atomic mass is 9.91. The number of hydrogen-bond acceptors (Lipinski definition) is 4. The molecule has 0 fully saturated rings. The maximum atomic E-state index is 4.89. The summed E-state index contributed by atoms with van der Waals surface area (Å²) in [5, 5.41) is 6.77. The molecule has 0 radical (unpaired) electrons. The molecule has 0 saturated heterocycles. The zero-order valence-corrected chi connectivity index (χ0v) is 13.8. The van der Waals surface area contributed by atoms with Gasteiger partial charge in [0.15, 0.2) is 0 Å². The normalized spacial score (nSPS) is 12.0. The fraction of sp³-hybridized carbons (Fsp3) is 0.533. The quantitative estimate of drug-likeness (QED) is 0.811. The van der Waals surface area contributed by atoms with Gasteiger partial charge in [0.25, 0.3) is 0 Å². The van der Waals surface area contributed by atoms with Crippen molar-refractivity contribution in [2.75, 3.05) is 6.54 Å². The maximum Gasteiger partial charge on any atom is 0.133 e. The molecule has 104 valence electrons. The number of thiazole rings is 1. The number of hydrogen-bond donors (Lipinski definition) is 1. The molecule has 0 aliphatic heterocycles. The summed E-state index contributed by atoms with van der Waals surface area (Å²) in [6, 6.07) is 4.24. The van der Waals surface area contributed by atoms with Crippen molar-refractivity contribution in [1.82, 2.24) is 10.3 Å². The highest BCUT2D eigenvalue weighted by atomic mass is 32.1. The van der Waals surface area contributed by atoms with Crippen LogP contribution in [0.3, 0.4) is 0 Å². The van der Waals surface area contributed by atoms with Crippen LogP contribution in [0.15, 0.2) is 17.5 Å². The molecule has 4 heteroatoms. The van der Waals surface area contributed by atoms with Crippen LogP contribution < -0.4 is 5.32 Å². The van der Waals surface area contributed by atoms with Gasteiger partial charge >= 0.3 is 0 Å². The first-order valence-electron chi connectivity index (χ1n) is 6.77. The summed E-state index contributed by atoms with van der Waals surface area (Å²) in [7, 11) is 0. The number of nitrogens with one attached hydrogen (secondary N) is 1. The van der Waals surface area contributed by atoms with Crippen LogP contribution in [0, 0.1) is 0 Å². The number of nitrogens with zero attached hydrogens (tertiary/aromatic N) is 1. The first-order valence-corrected chi connectivity index (χ1v) is 8.46. The van der Waals surface area contributed by atoms with Crippen molar-refractivity contribution >= 4 is 22.7 Å². The van der Waals surface area contributed by atoms with Crippen LogP contribution in [-0.4, -0.2) is 11.5 Å². The van der Waals surface area contributed by atoms with E-state index in [2.05, 4.69) is 50.5 Å². The summed E-state index contributed by atoms with van der Waals surface area (Å²) in [5.74, 6) is 0. The average molecular weight is 294 g/mol. The number of aromatic nitrogens is 1. The number of rotatable bonds is 5.